The molecule has 0 aromatic carbocycles. The number of thiophene rings is 1. The summed E-state index contributed by atoms with van der Waals surface area (Å²) in [7, 11) is 3.57. The molecule has 0 fully saturated rings. The normalized spacial score (nSPS) is 10.6. The molecule has 0 aliphatic heterocycles. The topological polar surface area (TPSA) is 77.0 Å². The van der Waals surface area contributed by atoms with Crippen molar-refractivity contribution in [3.8, 4) is 0 Å². The molecule has 1 amide bonds. The molecular weight excluding hydrogens is 282 g/mol. The van der Waals surface area contributed by atoms with Crippen molar-refractivity contribution in [3.63, 3.8) is 0 Å². The van der Waals surface area contributed by atoms with Crippen LogP contribution in [0.2, 0.25) is 0 Å². The van der Waals surface area contributed by atoms with Crippen molar-refractivity contribution >= 4 is 35.0 Å². The lowest BCUT2D eigenvalue weighted by molar-refractivity contribution is -0.127. The number of thioether (sulfide) groups is 1. The van der Waals surface area contributed by atoms with Gasteiger partial charge in [0.2, 0.25) is 11.9 Å². The molecule has 6 nitrogen and oxygen atoms in total. The Morgan fingerprint density at radius 2 is 2.37 bits per heavy atom. The molecule has 2 rings (SSSR count). The molecule has 0 spiro atoms. The van der Waals surface area contributed by atoms with E-state index in [1.165, 1.54) is 16.6 Å². The van der Waals surface area contributed by atoms with E-state index in [1.807, 2.05) is 17.5 Å². The highest BCUT2D eigenvalue weighted by Crippen LogP contribution is 2.17. The minimum Gasteiger partial charge on any atom is -0.368 e. The third kappa shape index (κ3) is 3.48. The van der Waals surface area contributed by atoms with Crippen LogP contribution in [0.3, 0.4) is 0 Å². The van der Waals surface area contributed by atoms with E-state index >= 15 is 0 Å². The summed E-state index contributed by atoms with van der Waals surface area (Å²) in [6.07, 6.45) is 0. The fraction of sp³-hybridized carbons (Fsp3) is 0.364. The van der Waals surface area contributed by atoms with Crippen molar-refractivity contribution in [2.45, 2.75) is 11.7 Å². The molecule has 0 radical (unpaired) electrons. The van der Waals surface area contributed by atoms with E-state index in [4.69, 9.17) is 5.73 Å². The number of carbonyl (C=O) groups is 1. The summed E-state index contributed by atoms with van der Waals surface area (Å²) in [6, 6.07) is 4.00. The number of rotatable bonds is 5. The Kier molecular flexibility index (Phi) is 4.43. The van der Waals surface area contributed by atoms with Gasteiger partial charge in [0.05, 0.1) is 12.3 Å². The van der Waals surface area contributed by atoms with Gasteiger partial charge in [-0.05, 0) is 11.4 Å². The lowest BCUT2D eigenvalue weighted by atomic mass is 10.4. The van der Waals surface area contributed by atoms with E-state index in [9.17, 15) is 4.79 Å². The van der Waals surface area contributed by atoms with Crippen molar-refractivity contribution in [3.05, 3.63) is 22.4 Å². The third-order valence-electron chi connectivity index (χ3n) is 2.59. The average Bonchev–Trinajstić information content (AvgIpc) is 2.99. The highest BCUT2D eigenvalue weighted by atomic mass is 32.2. The quantitative estimate of drug-likeness (QED) is 0.839. The molecule has 0 bridgehead atoms. The van der Waals surface area contributed by atoms with Gasteiger partial charge >= 0.3 is 0 Å². The SMILES string of the molecule is CN(Cc1cccs1)C(=O)CSc1nnc(N)n1C. The molecule has 2 heterocycles. The Labute approximate surface area is 119 Å². The summed E-state index contributed by atoms with van der Waals surface area (Å²) in [5.41, 5.74) is 5.58. The van der Waals surface area contributed by atoms with Crippen molar-refractivity contribution in [2.24, 2.45) is 7.05 Å². The van der Waals surface area contributed by atoms with Crippen LogP contribution in [0.4, 0.5) is 5.95 Å². The lowest BCUT2D eigenvalue weighted by Crippen LogP contribution is -2.27. The molecule has 0 unspecified atom stereocenters. The van der Waals surface area contributed by atoms with Gasteiger partial charge in [0.25, 0.3) is 0 Å². The number of carbonyl (C=O) groups excluding carboxylic acids is 1. The van der Waals surface area contributed by atoms with E-state index in [0.717, 1.165) is 0 Å². The van der Waals surface area contributed by atoms with Gasteiger partial charge in [0.1, 0.15) is 0 Å². The largest absolute Gasteiger partial charge is 0.368 e. The number of amides is 1. The van der Waals surface area contributed by atoms with Gasteiger partial charge in [-0.2, -0.15) is 0 Å². The highest BCUT2D eigenvalue weighted by molar-refractivity contribution is 7.99. The summed E-state index contributed by atoms with van der Waals surface area (Å²) in [5, 5.41) is 10.3. The molecule has 102 valence electrons. The highest BCUT2D eigenvalue weighted by Gasteiger charge is 2.13. The fourth-order valence-corrected chi connectivity index (χ4v) is 3.03. The Bertz CT molecular complexity index is 551. The van der Waals surface area contributed by atoms with Gasteiger partial charge in [-0.15, -0.1) is 21.5 Å². The van der Waals surface area contributed by atoms with Crippen LogP contribution in [0, 0.1) is 0 Å². The second kappa shape index (κ2) is 6.07. The number of nitrogen functional groups attached to an aromatic ring is 1. The van der Waals surface area contributed by atoms with Gasteiger partial charge in [0.15, 0.2) is 5.16 Å². The maximum Gasteiger partial charge on any atom is 0.233 e. The van der Waals surface area contributed by atoms with Crippen LogP contribution in [0.15, 0.2) is 22.7 Å². The zero-order chi connectivity index (χ0) is 13.8. The maximum atomic E-state index is 12.0. The average molecular weight is 297 g/mol. The van der Waals surface area contributed by atoms with Crippen LogP contribution in [0.25, 0.3) is 0 Å². The van der Waals surface area contributed by atoms with E-state index in [-0.39, 0.29) is 5.91 Å². The van der Waals surface area contributed by atoms with Gasteiger partial charge in [0, 0.05) is 19.0 Å². The number of hydrogen-bond donors (Lipinski definition) is 1. The Hall–Kier alpha value is -1.54. The minimum atomic E-state index is 0.0555. The number of anilines is 1. The molecule has 0 aliphatic carbocycles. The van der Waals surface area contributed by atoms with Crippen LogP contribution < -0.4 is 5.73 Å². The van der Waals surface area contributed by atoms with Crippen molar-refractivity contribution in [1.82, 2.24) is 19.7 Å². The summed E-state index contributed by atoms with van der Waals surface area (Å²) < 4.78 is 1.66. The van der Waals surface area contributed by atoms with Crippen LogP contribution in [0.1, 0.15) is 4.88 Å². The van der Waals surface area contributed by atoms with Gasteiger partial charge in [-0.3, -0.25) is 9.36 Å². The number of nitrogens with zero attached hydrogens (tertiary/aromatic N) is 4. The maximum absolute atomic E-state index is 12.0. The molecule has 2 aromatic rings. The van der Waals surface area contributed by atoms with Crippen LogP contribution in [0.5, 0.6) is 0 Å². The summed E-state index contributed by atoms with van der Waals surface area (Å²) in [4.78, 5) is 14.9. The zero-order valence-electron chi connectivity index (χ0n) is 10.7. The smallest absolute Gasteiger partial charge is 0.233 e. The zero-order valence-corrected chi connectivity index (χ0v) is 12.4. The first kappa shape index (κ1) is 13.9. The fourth-order valence-electron chi connectivity index (χ4n) is 1.41. The molecule has 2 aromatic heterocycles. The predicted octanol–water partition coefficient (Wildman–Crippen LogP) is 1.21. The third-order valence-corrected chi connectivity index (χ3v) is 4.46. The van der Waals surface area contributed by atoms with Crippen LogP contribution in [-0.2, 0) is 18.4 Å². The molecule has 2 N–H and O–H groups in total. The molecule has 0 aliphatic rings. The molecule has 19 heavy (non-hydrogen) atoms. The molecule has 8 heteroatoms. The first-order valence-corrected chi connectivity index (χ1v) is 7.48. The Morgan fingerprint density at radius 1 is 1.58 bits per heavy atom. The Balaban J connectivity index is 1.85. The second-order valence-electron chi connectivity index (χ2n) is 4.02. The van der Waals surface area contributed by atoms with Crippen molar-refractivity contribution in [2.75, 3.05) is 18.5 Å². The Morgan fingerprint density at radius 3 is 2.95 bits per heavy atom. The number of aromatic nitrogens is 3. The summed E-state index contributed by atoms with van der Waals surface area (Å²) in [6.45, 7) is 0.637. The van der Waals surface area contributed by atoms with E-state index in [0.29, 0.717) is 23.4 Å². The van der Waals surface area contributed by atoms with E-state index in [2.05, 4.69) is 10.2 Å². The van der Waals surface area contributed by atoms with Crippen molar-refractivity contribution in [1.29, 1.82) is 0 Å². The van der Waals surface area contributed by atoms with E-state index in [1.54, 1.807) is 34.9 Å². The summed E-state index contributed by atoms with van der Waals surface area (Å²) in [5.74, 6) is 0.732. The minimum absolute atomic E-state index is 0.0555. The van der Waals surface area contributed by atoms with Crippen LogP contribution >= 0.6 is 23.1 Å². The first-order chi connectivity index (χ1) is 9.08. The number of hydrogen-bond acceptors (Lipinski definition) is 6. The molecular formula is C11H15N5OS2. The standard InChI is InChI=1S/C11H15N5OS2/c1-15(6-8-4-3-5-18-8)9(17)7-19-11-14-13-10(12)16(11)2/h3-5H,6-7H2,1-2H3,(H2,12,13). The summed E-state index contributed by atoms with van der Waals surface area (Å²) >= 11 is 2.98. The van der Waals surface area contributed by atoms with Gasteiger partial charge in [-0.25, -0.2) is 0 Å². The van der Waals surface area contributed by atoms with Crippen molar-refractivity contribution < 1.29 is 4.79 Å². The number of nitrogens with two attached hydrogens (primary N) is 1. The predicted molar refractivity (Wildman–Crippen MR) is 76.9 cm³/mol. The molecule has 0 atom stereocenters. The van der Waals surface area contributed by atoms with Crippen LogP contribution in [-0.4, -0.2) is 38.4 Å². The first-order valence-electron chi connectivity index (χ1n) is 5.62. The van der Waals surface area contributed by atoms with Gasteiger partial charge in [-0.1, -0.05) is 17.8 Å². The van der Waals surface area contributed by atoms with Gasteiger partial charge < -0.3 is 10.6 Å². The molecule has 0 saturated carbocycles. The lowest BCUT2D eigenvalue weighted by Gasteiger charge is -2.15. The second-order valence-corrected chi connectivity index (χ2v) is 5.99. The molecule has 0 saturated heterocycles. The van der Waals surface area contributed by atoms with E-state index < -0.39 is 0 Å². The monoisotopic (exact) mass is 297 g/mol.